The first-order valence-electron chi connectivity index (χ1n) is 14.4. The fourth-order valence-electron chi connectivity index (χ4n) is 5.90. The summed E-state index contributed by atoms with van der Waals surface area (Å²) >= 11 is 0. The highest BCUT2D eigenvalue weighted by atomic mass is 16.2. The lowest BCUT2D eigenvalue weighted by Crippen LogP contribution is -2.47. The Balaban J connectivity index is 1.24. The molecule has 8 heteroatoms. The van der Waals surface area contributed by atoms with E-state index in [0.29, 0.717) is 37.9 Å². The van der Waals surface area contributed by atoms with E-state index in [2.05, 4.69) is 34.7 Å². The van der Waals surface area contributed by atoms with Gasteiger partial charge in [0.15, 0.2) is 5.96 Å². The lowest BCUT2D eigenvalue weighted by atomic mass is 9.77. The third-order valence-electron chi connectivity index (χ3n) is 8.07. The lowest BCUT2D eigenvalue weighted by Gasteiger charge is -2.32. The van der Waals surface area contributed by atoms with E-state index in [9.17, 15) is 9.59 Å². The van der Waals surface area contributed by atoms with Crippen molar-refractivity contribution < 1.29 is 9.59 Å². The average Bonchev–Trinajstić information content (AvgIpc) is 3.16. The van der Waals surface area contributed by atoms with E-state index in [-0.39, 0.29) is 17.9 Å². The van der Waals surface area contributed by atoms with Crippen LogP contribution in [0.25, 0.3) is 0 Å². The molecule has 8 nitrogen and oxygen atoms in total. The fraction of sp³-hybridized carbons (Fsp3) is 0.600. The minimum Gasteiger partial charge on any atom is -0.369 e. The van der Waals surface area contributed by atoms with Crippen molar-refractivity contribution >= 4 is 17.9 Å². The van der Waals surface area contributed by atoms with Crippen molar-refractivity contribution in [3.63, 3.8) is 0 Å². The molecule has 4 rings (SSSR count). The van der Waals surface area contributed by atoms with E-state index >= 15 is 0 Å². The van der Waals surface area contributed by atoms with E-state index in [1.165, 1.54) is 32.1 Å². The summed E-state index contributed by atoms with van der Waals surface area (Å²) in [6.45, 7) is 3.71. The first-order chi connectivity index (χ1) is 18.5. The van der Waals surface area contributed by atoms with Crippen LogP contribution in [0.5, 0.6) is 0 Å². The van der Waals surface area contributed by atoms with Gasteiger partial charge in [-0.1, -0.05) is 76.2 Å². The van der Waals surface area contributed by atoms with E-state index in [1.54, 1.807) is 11.1 Å². The highest BCUT2D eigenvalue weighted by Gasteiger charge is 2.48. The van der Waals surface area contributed by atoms with Gasteiger partial charge in [-0.05, 0) is 48.8 Å². The van der Waals surface area contributed by atoms with Crippen molar-refractivity contribution in [2.24, 2.45) is 22.6 Å². The van der Waals surface area contributed by atoms with Gasteiger partial charge in [-0.15, -0.1) is 0 Å². The molecule has 206 valence electrons. The molecule has 2 unspecified atom stereocenters. The lowest BCUT2D eigenvalue weighted by molar-refractivity contribution is -0.132. The van der Waals surface area contributed by atoms with Crippen molar-refractivity contribution in [3.8, 4) is 0 Å². The van der Waals surface area contributed by atoms with Crippen LogP contribution >= 0.6 is 0 Å². The third kappa shape index (κ3) is 7.45. The number of aromatic nitrogens is 1. The maximum Gasteiger partial charge on any atom is 0.315 e. The molecular formula is C30H44N6O2. The van der Waals surface area contributed by atoms with Gasteiger partial charge in [0.25, 0.3) is 5.91 Å². The Labute approximate surface area is 227 Å². The van der Waals surface area contributed by atoms with Crippen molar-refractivity contribution in [3.05, 3.63) is 53.9 Å². The maximum atomic E-state index is 13.7. The number of aliphatic imine (C=N–C) groups is 1. The third-order valence-corrected chi connectivity index (χ3v) is 8.07. The van der Waals surface area contributed by atoms with Crippen LogP contribution in [-0.2, 0) is 11.2 Å². The number of rotatable bonds is 12. The summed E-state index contributed by atoms with van der Waals surface area (Å²) in [5.74, 6) is 1.23. The Bertz CT molecular complexity index is 1030. The molecule has 0 radical (unpaired) electrons. The van der Waals surface area contributed by atoms with E-state index in [0.717, 1.165) is 43.4 Å². The summed E-state index contributed by atoms with van der Waals surface area (Å²) < 4.78 is 0. The molecule has 1 aromatic heterocycles. The fourth-order valence-corrected chi connectivity index (χ4v) is 5.90. The Morgan fingerprint density at radius 2 is 2.05 bits per heavy atom. The zero-order valence-corrected chi connectivity index (χ0v) is 22.8. The first kappa shape index (κ1) is 27.9. The summed E-state index contributed by atoms with van der Waals surface area (Å²) in [6, 6.07) is 5.58. The number of allylic oxidation sites excluding steroid dienone is 1. The van der Waals surface area contributed by atoms with Gasteiger partial charge < -0.3 is 16.4 Å². The molecule has 0 aromatic carbocycles. The molecule has 1 aliphatic heterocycles. The molecule has 1 aromatic rings. The standard InChI is InChI=1S/C30H44N6O2/c1-2-3-17-30(20-23-9-5-4-6-10-23)27(37)36(28(31)35-30)22-25-14-12-24(13-15-25)21-34-29(38)33-19-16-26-11-7-8-18-32-26/h7-8,11-14,18,23,25H,2-6,9-10,15-17,19-22H2,1H3,(H2,31,35)(H2,33,34,38). The maximum absolute atomic E-state index is 13.7. The van der Waals surface area contributed by atoms with Gasteiger partial charge in [0, 0.05) is 37.9 Å². The van der Waals surface area contributed by atoms with Crippen molar-refractivity contribution in [1.82, 2.24) is 20.5 Å². The number of guanidine groups is 1. The monoisotopic (exact) mass is 520 g/mol. The number of nitrogens with one attached hydrogen (secondary N) is 2. The molecule has 3 aliphatic rings. The van der Waals surface area contributed by atoms with Crippen LogP contribution in [0.1, 0.15) is 76.8 Å². The van der Waals surface area contributed by atoms with Crippen LogP contribution in [0.15, 0.2) is 53.2 Å². The highest BCUT2D eigenvalue weighted by Crippen LogP contribution is 2.39. The minimum atomic E-state index is -0.671. The number of nitrogens with zero attached hydrogens (tertiary/aromatic N) is 3. The molecular weight excluding hydrogens is 476 g/mol. The normalized spacial score (nSPS) is 23.8. The molecule has 2 heterocycles. The smallest absolute Gasteiger partial charge is 0.315 e. The summed E-state index contributed by atoms with van der Waals surface area (Å²) in [5.41, 5.74) is 7.72. The Hall–Kier alpha value is -3.16. The average molecular weight is 521 g/mol. The van der Waals surface area contributed by atoms with Gasteiger partial charge >= 0.3 is 6.03 Å². The second-order valence-corrected chi connectivity index (χ2v) is 11.0. The van der Waals surface area contributed by atoms with E-state index in [1.807, 2.05) is 24.3 Å². The van der Waals surface area contributed by atoms with Gasteiger partial charge in [-0.3, -0.25) is 14.7 Å². The quantitative estimate of drug-likeness (QED) is 0.377. The molecule has 3 amide bonds. The highest BCUT2D eigenvalue weighted by molar-refractivity contribution is 6.06. The van der Waals surface area contributed by atoms with Crippen LogP contribution < -0.4 is 16.4 Å². The van der Waals surface area contributed by atoms with Gasteiger partial charge in [0.05, 0.1) is 0 Å². The summed E-state index contributed by atoms with van der Waals surface area (Å²) in [5, 5.41) is 5.79. The van der Waals surface area contributed by atoms with Crippen molar-refractivity contribution in [2.45, 2.75) is 83.1 Å². The van der Waals surface area contributed by atoms with Crippen molar-refractivity contribution in [2.75, 3.05) is 19.6 Å². The van der Waals surface area contributed by atoms with Gasteiger partial charge in [0.1, 0.15) is 5.54 Å². The van der Waals surface area contributed by atoms with E-state index < -0.39 is 5.54 Å². The minimum absolute atomic E-state index is 0.0984. The molecule has 38 heavy (non-hydrogen) atoms. The number of pyridine rings is 1. The molecule has 2 aliphatic carbocycles. The van der Waals surface area contributed by atoms with Crippen LogP contribution in [0.2, 0.25) is 0 Å². The Kier molecular flexibility index (Phi) is 9.96. The molecule has 0 bridgehead atoms. The van der Waals surface area contributed by atoms with Crippen molar-refractivity contribution in [1.29, 1.82) is 0 Å². The molecule has 1 fully saturated rings. The topological polar surface area (TPSA) is 113 Å². The summed E-state index contributed by atoms with van der Waals surface area (Å²) in [6.07, 6.45) is 19.4. The van der Waals surface area contributed by atoms with Gasteiger partial charge in [-0.25, -0.2) is 9.79 Å². The second kappa shape index (κ2) is 13.6. The Morgan fingerprint density at radius 1 is 1.21 bits per heavy atom. The molecule has 1 saturated carbocycles. The molecule has 0 saturated heterocycles. The molecule has 4 N–H and O–H groups in total. The SMILES string of the molecule is CCCCC1(CC2CCCCC2)N=C(N)N(CC2C=CC(CNC(=O)NCCc3ccccn3)=CC2)C1=O. The number of carbonyl (C=O) groups excluding carboxylic acids is 2. The molecule has 0 spiro atoms. The summed E-state index contributed by atoms with van der Waals surface area (Å²) in [4.78, 5) is 36.8. The summed E-state index contributed by atoms with van der Waals surface area (Å²) in [7, 11) is 0. The van der Waals surface area contributed by atoms with Crippen LogP contribution in [0.3, 0.4) is 0 Å². The number of unbranched alkanes of at least 4 members (excludes halogenated alkanes) is 1. The number of nitrogens with two attached hydrogens (primary N) is 1. The number of carbonyl (C=O) groups is 2. The number of hydrogen-bond donors (Lipinski definition) is 3. The van der Waals surface area contributed by atoms with Crippen LogP contribution in [0.4, 0.5) is 4.79 Å². The second-order valence-electron chi connectivity index (χ2n) is 11.0. The van der Waals surface area contributed by atoms with Crippen LogP contribution in [-0.4, -0.2) is 53.0 Å². The predicted octanol–water partition coefficient (Wildman–Crippen LogP) is 4.48. The Morgan fingerprint density at radius 3 is 2.76 bits per heavy atom. The number of amides is 3. The number of hydrogen-bond acceptors (Lipinski definition) is 5. The zero-order valence-electron chi connectivity index (χ0n) is 22.8. The van der Waals surface area contributed by atoms with Crippen LogP contribution in [0, 0.1) is 11.8 Å². The first-order valence-corrected chi connectivity index (χ1v) is 14.4. The zero-order chi connectivity index (χ0) is 26.8. The van der Waals surface area contributed by atoms with E-state index in [4.69, 9.17) is 10.7 Å². The van der Waals surface area contributed by atoms with Gasteiger partial charge in [0.2, 0.25) is 0 Å². The van der Waals surface area contributed by atoms with Gasteiger partial charge in [-0.2, -0.15) is 0 Å². The largest absolute Gasteiger partial charge is 0.369 e. The predicted molar refractivity (Wildman–Crippen MR) is 151 cm³/mol. The molecule has 2 atom stereocenters. The number of urea groups is 1.